The van der Waals surface area contributed by atoms with Crippen molar-refractivity contribution >= 4 is 0 Å². The molecule has 0 radical (unpaired) electrons. The molecule has 92 valence electrons. The molecular formula is C15H15CdN3. The summed E-state index contributed by atoms with van der Waals surface area (Å²) in [7, 11) is 0. The number of aromatic nitrogens is 3. The molecule has 0 atom stereocenters. The molecule has 0 spiro atoms. The zero-order chi connectivity index (χ0) is 12.7. The quantitative estimate of drug-likeness (QED) is 0.585. The summed E-state index contributed by atoms with van der Waals surface area (Å²) in [5, 5.41) is 0. The Balaban J connectivity index is 0.000000249. The molecule has 0 bridgehead atoms. The molecule has 0 saturated carbocycles. The number of hydrogen-bond acceptors (Lipinski definition) is 3. The van der Waals surface area contributed by atoms with Crippen molar-refractivity contribution < 1.29 is 27.3 Å². The first-order valence-electron chi connectivity index (χ1n) is 5.55. The molecule has 0 N–H and O–H groups in total. The normalized spacial score (nSPS) is 7.58. The fourth-order valence-corrected chi connectivity index (χ4v) is 0.938. The molecule has 0 aliphatic carbocycles. The Morgan fingerprint density at radius 3 is 0.579 bits per heavy atom. The molecular weight excluding hydrogens is 335 g/mol. The summed E-state index contributed by atoms with van der Waals surface area (Å²) in [6.45, 7) is 0. The van der Waals surface area contributed by atoms with Gasteiger partial charge in [-0.05, 0) is 36.4 Å². The Bertz CT molecular complexity index is 308. The second-order valence-corrected chi connectivity index (χ2v) is 3.07. The summed E-state index contributed by atoms with van der Waals surface area (Å²) in [4.78, 5) is 11.4. The van der Waals surface area contributed by atoms with Gasteiger partial charge in [-0.15, -0.1) is 0 Å². The smallest absolute Gasteiger partial charge is 0.0267 e. The molecule has 3 aromatic heterocycles. The Morgan fingerprint density at radius 1 is 0.316 bits per heavy atom. The molecule has 0 fully saturated rings. The van der Waals surface area contributed by atoms with E-state index in [1.54, 1.807) is 37.2 Å². The average molecular weight is 350 g/mol. The van der Waals surface area contributed by atoms with Gasteiger partial charge in [0.15, 0.2) is 0 Å². The van der Waals surface area contributed by atoms with Gasteiger partial charge in [-0.25, -0.2) is 0 Å². The van der Waals surface area contributed by atoms with E-state index >= 15 is 0 Å². The van der Waals surface area contributed by atoms with Gasteiger partial charge in [-0.1, -0.05) is 18.2 Å². The van der Waals surface area contributed by atoms with Crippen LogP contribution in [0.3, 0.4) is 0 Å². The van der Waals surface area contributed by atoms with E-state index < -0.39 is 0 Å². The van der Waals surface area contributed by atoms with E-state index in [-0.39, 0.29) is 27.3 Å². The van der Waals surface area contributed by atoms with Gasteiger partial charge in [0.25, 0.3) is 0 Å². The number of hydrogen-bond donors (Lipinski definition) is 0. The van der Waals surface area contributed by atoms with Crippen LogP contribution in [0.25, 0.3) is 0 Å². The second-order valence-electron chi connectivity index (χ2n) is 3.07. The average Bonchev–Trinajstić information content (AvgIpc) is 2.54. The van der Waals surface area contributed by atoms with Crippen LogP contribution >= 0.6 is 0 Å². The van der Waals surface area contributed by atoms with E-state index in [1.165, 1.54) is 0 Å². The molecule has 4 heteroatoms. The molecule has 3 aromatic rings. The molecule has 0 aliphatic heterocycles. The van der Waals surface area contributed by atoms with Gasteiger partial charge in [0.1, 0.15) is 0 Å². The van der Waals surface area contributed by atoms with Gasteiger partial charge >= 0.3 is 0 Å². The molecule has 0 aliphatic rings. The molecule has 3 heterocycles. The minimum atomic E-state index is 0. The first kappa shape index (κ1) is 17.4. The Morgan fingerprint density at radius 2 is 0.526 bits per heavy atom. The molecule has 0 aromatic carbocycles. The van der Waals surface area contributed by atoms with Crippen LogP contribution in [-0.2, 0) is 27.3 Å². The first-order chi connectivity index (χ1) is 9.00. The standard InChI is InChI=1S/3C5H5N.Cd/c3*1-2-4-6-5-3-1;/h3*1-5H;. The van der Waals surface area contributed by atoms with Crippen LogP contribution in [0.2, 0.25) is 0 Å². The third-order valence-electron chi connectivity index (χ3n) is 1.70. The van der Waals surface area contributed by atoms with Crippen LogP contribution in [0.5, 0.6) is 0 Å². The van der Waals surface area contributed by atoms with Gasteiger partial charge in [0.2, 0.25) is 0 Å². The van der Waals surface area contributed by atoms with Crippen molar-refractivity contribution in [2.75, 3.05) is 0 Å². The zero-order valence-corrected chi connectivity index (χ0v) is 14.7. The van der Waals surface area contributed by atoms with Crippen LogP contribution in [0.4, 0.5) is 0 Å². The molecule has 3 nitrogen and oxygen atoms in total. The zero-order valence-electron chi connectivity index (χ0n) is 10.7. The Kier molecular flexibility index (Phi) is 13.2. The first-order valence-corrected chi connectivity index (χ1v) is 5.55. The molecule has 0 amide bonds. The van der Waals surface area contributed by atoms with Crippen molar-refractivity contribution in [3.63, 3.8) is 0 Å². The van der Waals surface area contributed by atoms with Gasteiger partial charge in [0.05, 0.1) is 0 Å². The van der Waals surface area contributed by atoms with Crippen molar-refractivity contribution in [2.24, 2.45) is 0 Å². The van der Waals surface area contributed by atoms with Crippen molar-refractivity contribution in [1.29, 1.82) is 0 Å². The van der Waals surface area contributed by atoms with E-state index in [4.69, 9.17) is 0 Å². The maximum absolute atomic E-state index is 3.78. The summed E-state index contributed by atoms with van der Waals surface area (Å²) in [6, 6.07) is 17.1. The predicted octanol–water partition coefficient (Wildman–Crippen LogP) is 3.24. The van der Waals surface area contributed by atoms with Crippen molar-refractivity contribution in [2.45, 2.75) is 0 Å². The van der Waals surface area contributed by atoms with E-state index in [9.17, 15) is 0 Å². The van der Waals surface area contributed by atoms with Crippen LogP contribution in [-0.4, -0.2) is 15.0 Å². The fourth-order valence-electron chi connectivity index (χ4n) is 0.938. The van der Waals surface area contributed by atoms with E-state index in [1.807, 2.05) is 54.6 Å². The monoisotopic (exact) mass is 351 g/mol. The summed E-state index contributed by atoms with van der Waals surface area (Å²) >= 11 is 0. The molecule has 0 saturated heterocycles. The molecule has 3 rings (SSSR count). The maximum atomic E-state index is 3.78. The third kappa shape index (κ3) is 12.6. The number of rotatable bonds is 0. The van der Waals surface area contributed by atoms with Crippen molar-refractivity contribution in [3.05, 3.63) is 91.8 Å². The summed E-state index contributed by atoms with van der Waals surface area (Å²) < 4.78 is 0. The number of nitrogens with zero attached hydrogens (tertiary/aromatic N) is 3. The summed E-state index contributed by atoms with van der Waals surface area (Å²) in [5.41, 5.74) is 0. The van der Waals surface area contributed by atoms with E-state index in [0.717, 1.165) is 0 Å². The topological polar surface area (TPSA) is 38.7 Å². The van der Waals surface area contributed by atoms with Crippen LogP contribution in [0, 0.1) is 0 Å². The predicted molar refractivity (Wildman–Crippen MR) is 72.7 cm³/mol. The van der Waals surface area contributed by atoms with Gasteiger partial charge in [-0.2, -0.15) is 0 Å². The molecule has 0 unspecified atom stereocenters. The van der Waals surface area contributed by atoms with Crippen molar-refractivity contribution in [1.82, 2.24) is 15.0 Å². The van der Waals surface area contributed by atoms with Gasteiger partial charge in [-0.3, -0.25) is 15.0 Å². The summed E-state index contributed by atoms with van der Waals surface area (Å²) in [6.07, 6.45) is 10.5. The number of pyridine rings is 3. The van der Waals surface area contributed by atoms with E-state index in [0.29, 0.717) is 0 Å². The summed E-state index contributed by atoms with van der Waals surface area (Å²) in [5.74, 6) is 0. The maximum Gasteiger partial charge on any atom is 0.0267 e. The Labute approximate surface area is 133 Å². The van der Waals surface area contributed by atoms with Crippen molar-refractivity contribution in [3.8, 4) is 0 Å². The SMILES string of the molecule is [Cd].c1ccncc1.c1ccncc1.c1ccncc1. The largest absolute Gasteiger partial charge is 0.265 e. The van der Waals surface area contributed by atoms with Crippen LogP contribution in [0.1, 0.15) is 0 Å². The van der Waals surface area contributed by atoms with E-state index in [2.05, 4.69) is 15.0 Å². The van der Waals surface area contributed by atoms with Gasteiger partial charge < -0.3 is 0 Å². The van der Waals surface area contributed by atoms with Gasteiger partial charge in [0, 0.05) is 64.5 Å². The fraction of sp³-hybridized carbons (Fsp3) is 0. The van der Waals surface area contributed by atoms with Crippen LogP contribution < -0.4 is 0 Å². The minimum absolute atomic E-state index is 0. The van der Waals surface area contributed by atoms with Crippen LogP contribution in [0.15, 0.2) is 91.8 Å². The molecule has 19 heavy (non-hydrogen) atoms. The Hall–Kier alpha value is -1.63. The second kappa shape index (κ2) is 14.4. The third-order valence-corrected chi connectivity index (χ3v) is 1.70. The minimum Gasteiger partial charge on any atom is -0.265 e.